The van der Waals surface area contributed by atoms with Gasteiger partial charge in [0.05, 0.1) is 28.6 Å². The lowest BCUT2D eigenvalue weighted by atomic mass is 9.90. The third-order valence-corrected chi connectivity index (χ3v) is 13.0. The van der Waals surface area contributed by atoms with Crippen molar-refractivity contribution >= 4 is 40.8 Å². The number of likely N-dealkylation sites (tertiary alicyclic amines) is 1. The summed E-state index contributed by atoms with van der Waals surface area (Å²) in [5.41, 5.74) is 4.07. The number of aromatic nitrogens is 2. The lowest BCUT2D eigenvalue weighted by Crippen LogP contribution is -2.58. The number of piperazine rings is 1. The molecule has 294 valence electrons. The smallest absolute Gasteiger partial charge is 0.262 e. The van der Waals surface area contributed by atoms with E-state index in [4.69, 9.17) is 0 Å². The molecule has 0 bridgehead atoms. The number of fused-ring (bicyclic) bond motifs is 4. The number of phenols is 1. The molecule has 14 nitrogen and oxygen atoms in total. The van der Waals surface area contributed by atoms with E-state index in [1.54, 1.807) is 12.1 Å². The summed E-state index contributed by atoms with van der Waals surface area (Å²) in [6.07, 6.45) is 7.52. The van der Waals surface area contributed by atoms with Crippen LogP contribution in [0.25, 0.3) is 11.3 Å². The van der Waals surface area contributed by atoms with Crippen molar-refractivity contribution in [3.63, 3.8) is 0 Å². The Morgan fingerprint density at radius 3 is 2.36 bits per heavy atom. The lowest BCUT2D eigenvalue weighted by Gasteiger charge is -2.46. The number of hydrogen-bond acceptors (Lipinski definition) is 12. The summed E-state index contributed by atoms with van der Waals surface area (Å²) in [6, 6.07) is 14.2. The number of anilines is 3. The van der Waals surface area contributed by atoms with Crippen LogP contribution >= 0.6 is 0 Å². The highest BCUT2D eigenvalue weighted by Gasteiger charge is 2.45. The minimum absolute atomic E-state index is 0.111. The second-order valence-electron chi connectivity index (χ2n) is 16.5. The van der Waals surface area contributed by atoms with Crippen LogP contribution in [-0.4, -0.2) is 131 Å². The topological polar surface area (TPSA) is 155 Å². The van der Waals surface area contributed by atoms with Gasteiger partial charge in [-0.3, -0.25) is 34.3 Å². The molecular formula is C42H51N9O5. The maximum Gasteiger partial charge on any atom is 0.262 e. The van der Waals surface area contributed by atoms with Crippen LogP contribution in [0.3, 0.4) is 0 Å². The number of piperidine rings is 3. The van der Waals surface area contributed by atoms with Crippen LogP contribution in [0.2, 0.25) is 0 Å². The van der Waals surface area contributed by atoms with Crippen molar-refractivity contribution in [3.05, 3.63) is 59.7 Å². The molecule has 6 aliphatic heterocycles. The Labute approximate surface area is 327 Å². The van der Waals surface area contributed by atoms with E-state index >= 15 is 0 Å². The Bertz CT molecular complexity index is 2010. The molecule has 2 aromatic carbocycles. The Hall–Kier alpha value is -5.08. The van der Waals surface area contributed by atoms with Crippen molar-refractivity contribution in [1.29, 1.82) is 0 Å². The molecule has 4 saturated heterocycles. The molecule has 6 aliphatic rings. The van der Waals surface area contributed by atoms with E-state index in [1.165, 1.54) is 38.8 Å². The first-order valence-electron chi connectivity index (χ1n) is 20.5. The van der Waals surface area contributed by atoms with Gasteiger partial charge in [0.2, 0.25) is 11.8 Å². The number of aromatic hydroxyl groups is 1. The number of nitrogens with one attached hydrogen (secondary N) is 2. The highest BCUT2D eigenvalue weighted by molar-refractivity contribution is 6.23. The molecule has 9 rings (SSSR count). The summed E-state index contributed by atoms with van der Waals surface area (Å²) in [5, 5.41) is 25.0. The Kier molecular flexibility index (Phi) is 10.1. The van der Waals surface area contributed by atoms with Gasteiger partial charge in [-0.05, 0) is 113 Å². The molecule has 3 N–H and O–H groups in total. The fourth-order valence-electron chi connectivity index (χ4n) is 9.83. The predicted octanol–water partition coefficient (Wildman–Crippen LogP) is 3.58. The summed E-state index contributed by atoms with van der Waals surface area (Å²) in [7, 11) is 0. The molecule has 4 fully saturated rings. The van der Waals surface area contributed by atoms with Gasteiger partial charge in [-0.2, -0.15) is 0 Å². The quantitative estimate of drug-likeness (QED) is 0.273. The Morgan fingerprint density at radius 1 is 0.768 bits per heavy atom. The van der Waals surface area contributed by atoms with Crippen molar-refractivity contribution in [2.24, 2.45) is 11.8 Å². The summed E-state index contributed by atoms with van der Waals surface area (Å²) in [5.74, 6) is 0.598. The van der Waals surface area contributed by atoms with Crippen molar-refractivity contribution in [3.8, 4) is 17.0 Å². The fraction of sp³-hybridized carbons (Fsp3) is 0.524. The lowest BCUT2D eigenvalue weighted by molar-refractivity contribution is -0.136. The van der Waals surface area contributed by atoms with Crippen LogP contribution in [-0.2, 0) is 9.59 Å². The van der Waals surface area contributed by atoms with Crippen LogP contribution in [0, 0.1) is 11.8 Å². The normalized spacial score (nSPS) is 23.8. The van der Waals surface area contributed by atoms with Gasteiger partial charge in [0.25, 0.3) is 11.8 Å². The number of nitrogens with zero attached hydrogens (tertiary/aromatic N) is 7. The van der Waals surface area contributed by atoms with Crippen LogP contribution in [0.15, 0.2) is 48.5 Å². The van der Waals surface area contributed by atoms with E-state index < -0.39 is 23.8 Å². The average Bonchev–Trinajstić information content (AvgIpc) is 3.46. The van der Waals surface area contributed by atoms with Gasteiger partial charge in [-0.25, -0.2) is 0 Å². The number of imide groups is 2. The first-order valence-corrected chi connectivity index (χ1v) is 20.5. The summed E-state index contributed by atoms with van der Waals surface area (Å²) < 4.78 is 0. The van der Waals surface area contributed by atoms with Gasteiger partial charge in [-0.15, -0.1) is 10.2 Å². The minimum atomic E-state index is -0.948. The van der Waals surface area contributed by atoms with Gasteiger partial charge in [0, 0.05) is 63.5 Å². The molecule has 0 spiro atoms. The largest absolute Gasteiger partial charge is 0.507 e. The van der Waals surface area contributed by atoms with Crippen LogP contribution in [0.5, 0.6) is 5.75 Å². The number of carbonyl (C=O) groups is 4. The van der Waals surface area contributed by atoms with Gasteiger partial charge in [0.15, 0.2) is 5.82 Å². The molecule has 3 aromatic rings. The van der Waals surface area contributed by atoms with Gasteiger partial charge in [-0.1, -0.05) is 12.1 Å². The van der Waals surface area contributed by atoms with E-state index in [1.807, 2.05) is 30.3 Å². The van der Waals surface area contributed by atoms with E-state index in [0.717, 1.165) is 93.2 Å². The summed E-state index contributed by atoms with van der Waals surface area (Å²) in [4.78, 5) is 61.6. The zero-order valence-corrected chi connectivity index (χ0v) is 31.9. The standard InChI is InChI=1S/C42H51N9O5/c52-37-6-2-1-5-32(37)34-23-36-39(46-45-34)43-24-30-26-47(20-21-50(30)36)15-3-4-27-11-16-48(17-12-27)25-28-13-18-49(19-14-28)29-7-8-31-33(22-29)42(56)51(41(31)55)35-9-10-38(53)44-40(35)54/h1-2,5-8,22-23,27-28,30,35,52H,3-4,9-21,24-26H2,(H,43,46)(H,44,53,54)/t30-,35?/m0/s1. The van der Waals surface area contributed by atoms with E-state index in [9.17, 15) is 24.3 Å². The predicted molar refractivity (Wildman–Crippen MR) is 212 cm³/mol. The maximum absolute atomic E-state index is 13.3. The second-order valence-corrected chi connectivity index (χ2v) is 16.5. The number of amides is 4. The third kappa shape index (κ3) is 7.20. The molecule has 14 heteroatoms. The monoisotopic (exact) mass is 761 g/mol. The molecular weight excluding hydrogens is 711 g/mol. The fourth-order valence-corrected chi connectivity index (χ4v) is 9.83. The molecule has 0 radical (unpaired) electrons. The van der Waals surface area contributed by atoms with E-state index in [0.29, 0.717) is 34.3 Å². The SMILES string of the molecule is O=C1CCC(N2C(=O)c3ccc(N4CCC(CN5CCC(CCCN6CCN7c8cc(-c9ccccc9O)nnc8NC[C@H]7C6)CC5)CC4)cc3C2=O)C(=O)N1. The molecule has 0 aliphatic carbocycles. The Morgan fingerprint density at radius 2 is 1.55 bits per heavy atom. The first kappa shape index (κ1) is 36.6. The zero-order valence-electron chi connectivity index (χ0n) is 31.9. The van der Waals surface area contributed by atoms with Crippen molar-refractivity contribution in [2.45, 2.75) is 63.5 Å². The molecule has 1 unspecified atom stereocenters. The Balaban J connectivity index is 0.693. The van der Waals surface area contributed by atoms with Gasteiger partial charge >= 0.3 is 0 Å². The van der Waals surface area contributed by atoms with Crippen molar-refractivity contribution in [2.75, 3.05) is 80.6 Å². The number of hydrogen-bond donors (Lipinski definition) is 3. The summed E-state index contributed by atoms with van der Waals surface area (Å²) >= 11 is 0. The van der Waals surface area contributed by atoms with Crippen LogP contribution in [0.1, 0.15) is 72.1 Å². The summed E-state index contributed by atoms with van der Waals surface area (Å²) in [6.45, 7) is 10.3. The minimum Gasteiger partial charge on any atom is -0.507 e. The second kappa shape index (κ2) is 15.5. The number of para-hydroxylation sites is 1. The molecule has 2 atom stereocenters. The number of rotatable bonds is 9. The number of phenolic OH excluding ortho intramolecular Hbond substituents is 1. The van der Waals surface area contributed by atoms with Crippen molar-refractivity contribution in [1.82, 2.24) is 30.2 Å². The van der Waals surface area contributed by atoms with Gasteiger partial charge in [0.1, 0.15) is 11.8 Å². The van der Waals surface area contributed by atoms with E-state index in [2.05, 4.69) is 46.5 Å². The molecule has 4 amide bonds. The number of carbonyl (C=O) groups excluding carboxylic acids is 4. The van der Waals surface area contributed by atoms with E-state index in [-0.39, 0.29) is 24.5 Å². The average molecular weight is 762 g/mol. The molecule has 1 aromatic heterocycles. The first-order chi connectivity index (χ1) is 27.3. The number of benzene rings is 2. The molecule has 56 heavy (non-hydrogen) atoms. The van der Waals surface area contributed by atoms with Crippen molar-refractivity contribution < 1.29 is 24.3 Å². The van der Waals surface area contributed by atoms with Gasteiger partial charge < -0.3 is 25.1 Å². The highest BCUT2D eigenvalue weighted by Crippen LogP contribution is 2.37. The zero-order chi connectivity index (χ0) is 38.3. The molecule has 0 saturated carbocycles. The van der Waals surface area contributed by atoms with Crippen LogP contribution < -0.4 is 20.4 Å². The maximum atomic E-state index is 13.3. The third-order valence-electron chi connectivity index (χ3n) is 13.0. The van der Waals surface area contributed by atoms with Crippen LogP contribution in [0.4, 0.5) is 17.2 Å². The highest BCUT2D eigenvalue weighted by atomic mass is 16.3. The molecule has 7 heterocycles.